The zero-order valence-electron chi connectivity index (χ0n) is 14.2. The molecule has 1 amide bonds. The minimum Gasteiger partial charge on any atom is -0.360 e. The van der Waals surface area contributed by atoms with Gasteiger partial charge in [0.25, 0.3) is 5.91 Å². The Bertz CT molecular complexity index is 816. The Morgan fingerprint density at radius 2 is 1.96 bits per heavy atom. The van der Waals surface area contributed by atoms with Crippen LogP contribution in [0.4, 0.5) is 11.4 Å². The fourth-order valence-electron chi connectivity index (χ4n) is 2.44. The molecule has 2 rings (SSSR count). The molecule has 0 spiro atoms. The Balaban J connectivity index is 2.18. The number of carbonyl (C=O) groups excluding carboxylic acids is 1. The molecule has 0 aliphatic rings. The maximum absolute atomic E-state index is 12.3. The van der Waals surface area contributed by atoms with Crippen LogP contribution in [-0.2, 0) is 11.2 Å². The summed E-state index contributed by atoms with van der Waals surface area (Å²) >= 11 is 0. The van der Waals surface area contributed by atoms with Crippen LogP contribution in [0.15, 0.2) is 54.2 Å². The van der Waals surface area contributed by atoms with E-state index in [9.17, 15) is 10.1 Å². The SMILES string of the molecule is CCc1cccc(C)c1N/C=C(/C#N)C(=O)Nc1cccc(C)c1. The van der Waals surface area contributed by atoms with Crippen LogP contribution < -0.4 is 10.6 Å². The molecule has 24 heavy (non-hydrogen) atoms. The monoisotopic (exact) mass is 319 g/mol. The molecule has 2 N–H and O–H groups in total. The molecule has 0 radical (unpaired) electrons. The third-order valence-corrected chi connectivity index (χ3v) is 3.74. The van der Waals surface area contributed by atoms with Crippen molar-refractivity contribution >= 4 is 17.3 Å². The first kappa shape index (κ1) is 17.3. The van der Waals surface area contributed by atoms with Crippen LogP contribution in [0, 0.1) is 25.2 Å². The van der Waals surface area contributed by atoms with Gasteiger partial charge in [-0.2, -0.15) is 5.26 Å². The van der Waals surface area contributed by atoms with Crippen molar-refractivity contribution in [3.8, 4) is 6.07 Å². The van der Waals surface area contributed by atoms with Gasteiger partial charge < -0.3 is 10.6 Å². The van der Waals surface area contributed by atoms with Crippen molar-refractivity contribution in [3.05, 3.63) is 70.9 Å². The van der Waals surface area contributed by atoms with E-state index < -0.39 is 5.91 Å². The second-order valence-electron chi connectivity index (χ2n) is 5.60. The Morgan fingerprint density at radius 1 is 1.21 bits per heavy atom. The van der Waals surface area contributed by atoms with Crippen LogP contribution in [0.3, 0.4) is 0 Å². The topological polar surface area (TPSA) is 64.9 Å². The molecule has 0 heterocycles. The van der Waals surface area contributed by atoms with Crippen LogP contribution in [0.25, 0.3) is 0 Å². The van der Waals surface area contributed by atoms with E-state index in [0.717, 1.165) is 28.8 Å². The fourth-order valence-corrected chi connectivity index (χ4v) is 2.44. The number of hydrogen-bond acceptors (Lipinski definition) is 3. The van der Waals surface area contributed by atoms with E-state index in [1.807, 2.05) is 56.3 Å². The first-order chi connectivity index (χ1) is 11.5. The zero-order valence-corrected chi connectivity index (χ0v) is 14.2. The maximum Gasteiger partial charge on any atom is 0.267 e. The number of para-hydroxylation sites is 1. The standard InChI is InChI=1S/C20H21N3O/c1-4-16-9-6-8-15(3)19(16)22-13-17(12-21)20(24)23-18-10-5-7-14(2)11-18/h5-11,13,22H,4H2,1-3H3,(H,23,24)/b17-13-. The first-order valence-corrected chi connectivity index (χ1v) is 7.88. The number of rotatable bonds is 5. The molecule has 0 unspecified atom stereocenters. The number of aryl methyl sites for hydroxylation is 3. The van der Waals surface area contributed by atoms with E-state index in [4.69, 9.17) is 0 Å². The maximum atomic E-state index is 12.3. The summed E-state index contributed by atoms with van der Waals surface area (Å²) in [4.78, 5) is 12.3. The summed E-state index contributed by atoms with van der Waals surface area (Å²) in [7, 11) is 0. The van der Waals surface area contributed by atoms with Gasteiger partial charge in [-0.1, -0.05) is 37.3 Å². The van der Waals surface area contributed by atoms with E-state index in [-0.39, 0.29) is 5.57 Å². The van der Waals surface area contributed by atoms with E-state index in [2.05, 4.69) is 17.6 Å². The van der Waals surface area contributed by atoms with Crippen molar-refractivity contribution in [2.75, 3.05) is 10.6 Å². The molecule has 0 aliphatic heterocycles. The lowest BCUT2D eigenvalue weighted by atomic mass is 10.1. The molecule has 0 saturated heterocycles. The fraction of sp³-hybridized carbons (Fsp3) is 0.200. The number of nitriles is 1. The third kappa shape index (κ3) is 4.23. The molecular formula is C20H21N3O. The summed E-state index contributed by atoms with van der Waals surface area (Å²) < 4.78 is 0. The van der Waals surface area contributed by atoms with Crippen molar-refractivity contribution in [1.82, 2.24) is 0 Å². The van der Waals surface area contributed by atoms with Gasteiger partial charge in [-0.05, 0) is 49.1 Å². The number of hydrogen-bond donors (Lipinski definition) is 2. The van der Waals surface area contributed by atoms with E-state index in [0.29, 0.717) is 5.69 Å². The van der Waals surface area contributed by atoms with Gasteiger partial charge in [-0.3, -0.25) is 4.79 Å². The molecule has 122 valence electrons. The van der Waals surface area contributed by atoms with Crippen LogP contribution in [-0.4, -0.2) is 5.91 Å². The second kappa shape index (κ2) is 7.98. The highest BCUT2D eigenvalue weighted by molar-refractivity contribution is 6.06. The quantitative estimate of drug-likeness (QED) is 0.637. The van der Waals surface area contributed by atoms with Crippen molar-refractivity contribution < 1.29 is 4.79 Å². The van der Waals surface area contributed by atoms with Gasteiger partial charge >= 0.3 is 0 Å². The van der Waals surface area contributed by atoms with Crippen molar-refractivity contribution in [2.24, 2.45) is 0 Å². The van der Waals surface area contributed by atoms with Crippen LogP contribution in [0.2, 0.25) is 0 Å². The number of amides is 1. The molecule has 2 aromatic rings. The summed E-state index contributed by atoms with van der Waals surface area (Å²) in [5, 5.41) is 15.1. The lowest BCUT2D eigenvalue weighted by Gasteiger charge is -2.11. The first-order valence-electron chi connectivity index (χ1n) is 7.88. The van der Waals surface area contributed by atoms with Crippen molar-refractivity contribution in [3.63, 3.8) is 0 Å². The van der Waals surface area contributed by atoms with Gasteiger partial charge in [-0.15, -0.1) is 0 Å². The molecule has 0 atom stereocenters. The van der Waals surface area contributed by atoms with Gasteiger partial charge in [0.15, 0.2) is 0 Å². The molecule has 0 aromatic heterocycles. The summed E-state index contributed by atoms with van der Waals surface area (Å²) in [6.45, 7) is 6.01. The third-order valence-electron chi connectivity index (χ3n) is 3.74. The van der Waals surface area contributed by atoms with Gasteiger partial charge in [0.1, 0.15) is 11.6 Å². The lowest BCUT2D eigenvalue weighted by Crippen LogP contribution is -2.14. The van der Waals surface area contributed by atoms with E-state index >= 15 is 0 Å². The number of nitrogens with one attached hydrogen (secondary N) is 2. The molecule has 0 saturated carbocycles. The van der Waals surface area contributed by atoms with Crippen LogP contribution in [0.5, 0.6) is 0 Å². The Labute approximate surface area is 142 Å². The van der Waals surface area contributed by atoms with Crippen LogP contribution >= 0.6 is 0 Å². The van der Waals surface area contributed by atoms with Crippen LogP contribution in [0.1, 0.15) is 23.6 Å². The molecular weight excluding hydrogens is 298 g/mol. The average molecular weight is 319 g/mol. The van der Waals surface area contributed by atoms with Crippen molar-refractivity contribution in [2.45, 2.75) is 27.2 Å². The molecule has 0 bridgehead atoms. The molecule has 4 heteroatoms. The largest absolute Gasteiger partial charge is 0.360 e. The Morgan fingerprint density at radius 3 is 2.62 bits per heavy atom. The average Bonchev–Trinajstić information content (AvgIpc) is 2.56. The number of benzene rings is 2. The molecule has 0 fully saturated rings. The van der Waals surface area contributed by atoms with Gasteiger partial charge in [0.2, 0.25) is 0 Å². The van der Waals surface area contributed by atoms with Crippen molar-refractivity contribution in [1.29, 1.82) is 5.26 Å². The van der Waals surface area contributed by atoms with E-state index in [1.54, 1.807) is 6.07 Å². The van der Waals surface area contributed by atoms with Gasteiger partial charge in [-0.25, -0.2) is 0 Å². The summed E-state index contributed by atoms with van der Waals surface area (Å²) in [5.41, 5.74) is 4.90. The number of anilines is 2. The highest BCUT2D eigenvalue weighted by atomic mass is 16.1. The predicted molar refractivity (Wildman–Crippen MR) is 97.7 cm³/mol. The highest BCUT2D eigenvalue weighted by Gasteiger charge is 2.10. The summed E-state index contributed by atoms with van der Waals surface area (Å²) in [6.07, 6.45) is 2.34. The molecule has 2 aromatic carbocycles. The number of nitrogens with zero attached hydrogens (tertiary/aromatic N) is 1. The smallest absolute Gasteiger partial charge is 0.267 e. The normalized spacial score (nSPS) is 10.8. The van der Waals surface area contributed by atoms with Gasteiger partial charge in [0, 0.05) is 17.6 Å². The summed E-state index contributed by atoms with van der Waals surface area (Å²) in [5.74, 6) is -0.428. The predicted octanol–water partition coefficient (Wildman–Crippen LogP) is 4.32. The second-order valence-corrected chi connectivity index (χ2v) is 5.60. The summed E-state index contributed by atoms with van der Waals surface area (Å²) in [6, 6.07) is 15.4. The lowest BCUT2D eigenvalue weighted by molar-refractivity contribution is -0.112. The van der Waals surface area contributed by atoms with Gasteiger partial charge in [0.05, 0.1) is 0 Å². The number of carbonyl (C=O) groups is 1. The molecule has 0 aliphatic carbocycles. The Hall–Kier alpha value is -3.06. The minimum atomic E-state index is -0.428. The molecule has 4 nitrogen and oxygen atoms in total. The minimum absolute atomic E-state index is 0.0295. The van der Waals surface area contributed by atoms with E-state index in [1.165, 1.54) is 6.20 Å². The highest BCUT2D eigenvalue weighted by Crippen LogP contribution is 2.21. The zero-order chi connectivity index (χ0) is 17.5. The Kier molecular flexibility index (Phi) is 5.75.